The van der Waals surface area contributed by atoms with Gasteiger partial charge in [0.15, 0.2) is 11.4 Å². The zero-order valence-electron chi connectivity index (χ0n) is 25.5. The SMILES string of the molecule is CCC1(CN(Cc2cc(O)c3c(c2Cl)C[C@H]2C[C@H]4[C@H](N(C)C)C(=O)C(C(N)=O)=C(O)[C@@]4(O)C(=O)C2=C3O)CC2CC2)CCC1. The number of hydrogen-bond donors (Lipinski definition) is 5. The number of ketones is 2. The highest BCUT2D eigenvalue weighted by molar-refractivity contribution is 6.32. The molecule has 0 radical (unpaired) electrons. The lowest BCUT2D eigenvalue weighted by atomic mass is 9.57. The highest BCUT2D eigenvalue weighted by atomic mass is 35.5. The molecule has 4 atom stereocenters. The van der Waals surface area contributed by atoms with Gasteiger partial charge in [-0.25, -0.2) is 0 Å². The summed E-state index contributed by atoms with van der Waals surface area (Å²) in [5.74, 6) is -6.04. The van der Waals surface area contributed by atoms with E-state index < -0.39 is 58.0 Å². The van der Waals surface area contributed by atoms with Crippen molar-refractivity contribution in [1.82, 2.24) is 9.80 Å². The number of benzene rings is 1. The third-order valence-electron chi connectivity index (χ3n) is 11.1. The average Bonchev–Trinajstić information content (AvgIpc) is 3.74. The van der Waals surface area contributed by atoms with Gasteiger partial charge in [-0.1, -0.05) is 24.9 Å². The maximum absolute atomic E-state index is 14.0. The average molecular weight is 628 g/mol. The number of aliphatic hydroxyl groups excluding tert-OH is 2. The number of nitrogens with zero attached hydrogens (tertiary/aromatic N) is 2. The van der Waals surface area contributed by atoms with Crippen LogP contribution in [-0.2, 0) is 27.3 Å². The fraction of sp³-hybridized carbons (Fsp3) is 0.606. The van der Waals surface area contributed by atoms with Crippen LogP contribution in [0.2, 0.25) is 5.02 Å². The fourth-order valence-electron chi connectivity index (χ4n) is 8.33. The van der Waals surface area contributed by atoms with E-state index in [1.165, 1.54) is 37.0 Å². The maximum Gasteiger partial charge on any atom is 0.255 e. The summed E-state index contributed by atoms with van der Waals surface area (Å²) in [4.78, 5) is 43.5. The summed E-state index contributed by atoms with van der Waals surface area (Å²) in [5, 5.41) is 46.0. The minimum Gasteiger partial charge on any atom is -0.508 e. The Morgan fingerprint density at radius 2 is 1.84 bits per heavy atom. The van der Waals surface area contributed by atoms with E-state index in [9.17, 15) is 34.8 Å². The molecule has 0 saturated heterocycles. The number of rotatable bonds is 9. The molecule has 238 valence electrons. The summed E-state index contributed by atoms with van der Waals surface area (Å²) >= 11 is 7.06. The number of halogens is 1. The fourth-order valence-corrected chi connectivity index (χ4v) is 8.61. The molecule has 5 aliphatic rings. The summed E-state index contributed by atoms with van der Waals surface area (Å²) < 4.78 is 0. The van der Waals surface area contributed by atoms with Crippen molar-refractivity contribution in [2.75, 3.05) is 27.2 Å². The van der Waals surface area contributed by atoms with Crippen LogP contribution < -0.4 is 5.73 Å². The van der Waals surface area contributed by atoms with Gasteiger partial charge in [0, 0.05) is 36.1 Å². The van der Waals surface area contributed by atoms with Gasteiger partial charge in [0.2, 0.25) is 5.78 Å². The van der Waals surface area contributed by atoms with Gasteiger partial charge in [-0.05, 0) is 93.5 Å². The van der Waals surface area contributed by atoms with Crippen molar-refractivity contribution >= 4 is 34.8 Å². The molecule has 5 aliphatic carbocycles. The van der Waals surface area contributed by atoms with Crippen molar-refractivity contribution in [3.8, 4) is 5.75 Å². The molecule has 0 bridgehead atoms. The van der Waals surface area contributed by atoms with E-state index in [2.05, 4.69) is 11.8 Å². The Labute approximate surface area is 262 Å². The van der Waals surface area contributed by atoms with Crippen LogP contribution in [0.5, 0.6) is 5.75 Å². The first kappa shape index (κ1) is 31.1. The van der Waals surface area contributed by atoms with Crippen LogP contribution in [0.15, 0.2) is 23.0 Å². The van der Waals surface area contributed by atoms with Crippen LogP contribution in [-0.4, -0.2) is 86.5 Å². The summed E-state index contributed by atoms with van der Waals surface area (Å²) in [6.45, 7) is 4.72. The second kappa shape index (κ2) is 10.9. The van der Waals surface area contributed by atoms with Crippen molar-refractivity contribution in [3.05, 3.63) is 44.7 Å². The van der Waals surface area contributed by atoms with E-state index >= 15 is 0 Å². The van der Waals surface area contributed by atoms with Gasteiger partial charge >= 0.3 is 0 Å². The van der Waals surface area contributed by atoms with Crippen molar-refractivity contribution in [2.45, 2.75) is 76.5 Å². The largest absolute Gasteiger partial charge is 0.508 e. The number of Topliss-reactive ketones (excluding diaryl/α,β-unsaturated/α-hetero) is 2. The molecule has 0 spiro atoms. The first-order chi connectivity index (χ1) is 20.7. The molecule has 3 saturated carbocycles. The molecule has 11 heteroatoms. The minimum absolute atomic E-state index is 0.0211. The van der Waals surface area contributed by atoms with Crippen LogP contribution in [0, 0.1) is 23.2 Å². The van der Waals surface area contributed by atoms with Gasteiger partial charge in [0.05, 0.1) is 11.6 Å². The predicted molar refractivity (Wildman–Crippen MR) is 164 cm³/mol. The highest BCUT2D eigenvalue weighted by Gasteiger charge is 2.64. The van der Waals surface area contributed by atoms with Crippen LogP contribution in [0.1, 0.15) is 68.6 Å². The third kappa shape index (κ3) is 4.68. The number of aliphatic hydroxyl groups is 3. The molecule has 0 unspecified atom stereocenters. The Kier molecular flexibility index (Phi) is 7.67. The number of carbonyl (C=O) groups excluding carboxylic acids is 3. The number of hydrogen-bond acceptors (Lipinski definition) is 9. The molecule has 10 nitrogen and oxygen atoms in total. The lowest BCUT2D eigenvalue weighted by Gasteiger charge is -2.50. The number of amides is 1. The normalized spacial score (nSPS) is 29.5. The van der Waals surface area contributed by atoms with Gasteiger partial charge in [0.25, 0.3) is 5.91 Å². The zero-order chi connectivity index (χ0) is 31.9. The molecule has 6 N–H and O–H groups in total. The van der Waals surface area contributed by atoms with E-state index in [0.29, 0.717) is 28.5 Å². The van der Waals surface area contributed by atoms with Crippen LogP contribution >= 0.6 is 11.6 Å². The number of nitrogens with two attached hydrogens (primary N) is 1. The number of primary amides is 1. The van der Waals surface area contributed by atoms with Gasteiger partial charge in [0.1, 0.15) is 22.8 Å². The van der Waals surface area contributed by atoms with E-state index in [0.717, 1.165) is 25.1 Å². The van der Waals surface area contributed by atoms with Crippen LogP contribution in [0.3, 0.4) is 0 Å². The van der Waals surface area contributed by atoms with Crippen molar-refractivity contribution in [3.63, 3.8) is 0 Å². The smallest absolute Gasteiger partial charge is 0.255 e. The Morgan fingerprint density at radius 1 is 1.16 bits per heavy atom. The van der Waals surface area contributed by atoms with Gasteiger partial charge in [-0.2, -0.15) is 0 Å². The first-order valence-corrected chi connectivity index (χ1v) is 16.0. The van der Waals surface area contributed by atoms with Gasteiger partial charge in [-0.15, -0.1) is 0 Å². The van der Waals surface area contributed by atoms with Gasteiger partial charge < -0.3 is 26.2 Å². The molecule has 1 aromatic rings. The van der Waals surface area contributed by atoms with E-state index in [1.807, 2.05) is 0 Å². The monoisotopic (exact) mass is 627 g/mol. The molecular formula is C33H42ClN3O7. The number of phenols is 1. The molecular weight excluding hydrogens is 586 g/mol. The molecule has 0 aromatic heterocycles. The molecule has 44 heavy (non-hydrogen) atoms. The summed E-state index contributed by atoms with van der Waals surface area (Å²) in [7, 11) is 3.16. The number of fused-ring (bicyclic) bond motifs is 3. The Morgan fingerprint density at radius 3 is 2.39 bits per heavy atom. The number of likely N-dealkylation sites (N-methyl/N-ethyl adjacent to an activating group) is 1. The van der Waals surface area contributed by atoms with Crippen molar-refractivity contribution in [2.24, 2.45) is 28.9 Å². The second-order valence-electron chi connectivity index (χ2n) is 14.0. The molecule has 0 heterocycles. The molecule has 6 rings (SSSR count). The third-order valence-corrected chi connectivity index (χ3v) is 11.5. The predicted octanol–water partition coefficient (Wildman–Crippen LogP) is 3.41. The second-order valence-corrected chi connectivity index (χ2v) is 14.4. The topological polar surface area (TPSA) is 165 Å². The van der Waals surface area contributed by atoms with Crippen LogP contribution in [0.25, 0.3) is 5.76 Å². The Hall–Kier alpha value is -2.92. The molecule has 1 aromatic carbocycles. The summed E-state index contributed by atoms with van der Waals surface area (Å²) in [6.07, 6.45) is 7.41. The van der Waals surface area contributed by atoms with E-state index in [1.54, 1.807) is 20.2 Å². The zero-order valence-corrected chi connectivity index (χ0v) is 26.3. The van der Waals surface area contributed by atoms with Crippen molar-refractivity contribution in [1.29, 1.82) is 0 Å². The number of aromatic hydroxyl groups is 1. The maximum atomic E-state index is 14.0. The summed E-state index contributed by atoms with van der Waals surface area (Å²) in [6, 6.07) is 0.419. The van der Waals surface area contributed by atoms with E-state index in [-0.39, 0.29) is 29.7 Å². The van der Waals surface area contributed by atoms with Crippen LogP contribution in [0.4, 0.5) is 0 Å². The lowest BCUT2D eigenvalue weighted by Crippen LogP contribution is -2.65. The quantitative estimate of drug-likeness (QED) is 0.258. The van der Waals surface area contributed by atoms with E-state index in [4.69, 9.17) is 17.3 Å². The number of phenolic OH excluding ortho intramolecular Hbond substituents is 1. The summed E-state index contributed by atoms with van der Waals surface area (Å²) in [5.41, 5.74) is 3.31. The highest BCUT2D eigenvalue weighted by Crippen LogP contribution is 2.54. The lowest BCUT2D eigenvalue weighted by molar-refractivity contribution is -0.153. The molecule has 1 amide bonds. The Balaban J connectivity index is 1.40. The standard InChI is InChI=1S/C33H42ClN3O7/c1-4-32(8-5-9-32)15-37(13-16-6-7-16)14-18-12-21(38)23-19(25(18)34)10-17-11-20-26(36(2)3)28(40)24(31(35)43)30(42)33(20,44)29(41)22(17)27(23)39/h12,16-17,20,26,38-39,42,44H,4-11,13-15H2,1-3H3,(H2,35,43)/t17-,20-,26-,33-/m0/s1. The van der Waals surface area contributed by atoms with Gasteiger partial charge in [-0.3, -0.25) is 24.2 Å². The minimum atomic E-state index is -2.66. The Bertz CT molecular complexity index is 1500. The molecule has 3 fully saturated rings. The first-order valence-electron chi connectivity index (χ1n) is 15.6. The number of carbonyl (C=O) groups is 3. The van der Waals surface area contributed by atoms with Crippen molar-refractivity contribution < 1.29 is 34.8 Å². The molecule has 0 aliphatic heterocycles.